The summed E-state index contributed by atoms with van der Waals surface area (Å²) in [7, 11) is 0. The lowest BCUT2D eigenvalue weighted by molar-refractivity contribution is -0.141. The molecule has 1 aliphatic rings. The van der Waals surface area contributed by atoms with Crippen molar-refractivity contribution >= 4 is 22.6 Å². The molecular weight excluding hydrogens is 392 g/mol. The van der Waals surface area contributed by atoms with Crippen LogP contribution >= 0.6 is 0 Å². The predicted molar refractivity (Wildman–Crippen MR) is 119 cm³/mol. The largest absolute Gasteiger partial charge is 0.448 e. The van der Waals surface area contributed by atoms with Crippen LogP contribution in [0.25, 0.3) is 10.8 Å². The van der Waals surface area contributed by atoms with Crippen LogP contribution in [0.5, 0.6) is 0 Å². The number of hydrogen-bond donors (Lipinski definition) is 1. The number of ether oxygens (including phenoxy) is 1. The van der Waals surface area contributed by atoms with Crippen molar-refractivity contribution in [2.75, 3.05) is 13.1 Å². The Morgan fingerprint density at radius 1 is 1.06 bits per heavy atom. The lowest BCUT2D eigenvalue weighted by atomic mass is 9.90. The second kappa shape index (κ2) is 9.16. The highest BCUT2D eigenvalue weighted by atomic mass is 16.5. The molecule has 1 amide bonds. The zero-order chi connectivity index (χ0) is 21.8. The molecule has 2 heterocycles. The van der Waals surface area contributed by atoms with Gasteiger partial charge in [0.05, 0.1) is 0 Å². The number of benzene rings is 2. The van der Waals surface area contributed by atoms with Crippen molar-refractivity contribution in [2.45, 2.75) is 32.3 Å². The van der Waals surface area contributed by atoms with Crippen LogP contribution in [-0.4, -0.2) is 41.0 Å². The molecule has 31 heavy (non-hydrogen) atoms. The fraction of sp³-hybridized carbons (Fsp3) is 0.320. The average molecular weight is 418 g/mol. The predicted octanol–water partition coefficient (Wildman–Crippen LogP) is 3.55. The summed E-state index contributed by atoms with van der Waals surface area (Å²) in [4.78, 5) is 41.8. The molecule has 1 N–H and O–H groups in total. The number of nitrogens with zero attached hydrogens (tertiary/aromatic N) is 1. The zero-order valence-electron chi connectivity index (χ0n) is 17.5. The third kappa shape index (κ3) is 4.85. The molecule has 0 bridgehead atoms. The number of rotatable bonds is 5. The van der Waals surface area contributed by atoms with Gasteiger partial charge in [-0.25, -0.2) is 4.79 Å². The summed E-state index contributed by atoms with van der Waals surface area (Å²) in [6.45, 7) is 2.89. The van der Waals surface area contributed by atoms with Crippen LogP contribution in [0, 0.1) is 5.92 Å². The Kier molecular flexibility index (Phi) is 6.16. The van der Waals surface area contributed by atoms with E-state index in [1.54, 1.807) is 42.2 Å². The van der Waals surface area contributed by atoms with E-state index in [-0.39, 0.29) is 17.2 Å². The monoisotopic (exact) mass is 418 g/mol. The molecule has 6 heteroatoms. The van der Waals surface area contributed by atoms with E-state index in [9.17, 15) is 14.4 Å². The number of aromatic amines is 1. The molecule has 3 aromatic rings. The highest BCUT2D eigenvalue weighted by Crippen LogP contribution is 2.22. The molecule has 0 spiro atoms. The molecular formula is C25H26N2O4. The topological polar surface area (TPSA) is 79.5 Å². The number of aromatic nitrogens is 1. The number of esters is 1. The minimum atomic E-state index is -0.909. The first-order chi connectivity index (χ1) is 15.0. The zero-order valence-corrected chi connectivity index (χ0v) is 17.5. The number of H-pyrrole nitrogens is 1. The molecule has 1 fully saturated rings. The van der Waals surface area contributed by atoms with E-state index in [1.165, 1.54) is 5.56 Å². The number of nitrogens with one attached hydrogen (secondary N) is 1. The normalized spacial score (nSPS) is 15.6. The highest BCUT2D eigenvalue weighted by molar-refractivity contribution is 5.94. The second-order valence-electron chi connectivity index (χ2n) is 8.11. The van der Waals surface area contributed by atoms with Crippen LogP contribution < -0.4 is 5.56 Å². The van der Waals surface area contributed by atoms with Crippen molar-refractivity contribution in [3.63, 3.8) is 0 Å². The van der Waals surface area contributed by atoms with Crippen molar-refractivity contribution in [2.24, 2.45) is 5.92 Å². The SMILES string of the molecule is C[C@H](OC(=O)c1cc2ccccc2c(=O)[nH]1)C(=O)N1CCC(Cc2ccccc2)CC1. The van der Waals surface area contributed by atoms with Gasteiger partial charge in [0.15, 0.2) is 6.10 Å². The van der Waals surface area contributed by atoms with Crippen molar-refractivity contribution in [1.29, 1.82) is 0 Å². The summed E-state index contributed by atoms with van der Waals surface area (Å²) in [5.74, 6) is -0.357. The number of carbonyl (C=O) groups is 2. The van der Waals surface area contributed by atoms with Crippen LogP contribution in [-0.2, 0) is 16.0 Å². The Labute approximate surface area is 180 Å². The van der Waals surface area contributed by atoms with Gasteiger partial charge in [0.1, 0.15) is 5.69 Å². The summed E-state index contributed by atoms with van der Waals surface area (Å²) in [5, 5.41) is 1.15. The Bertz CT molecular complexity index is 1130. The number of likely N-dealkylation sites (tertiary alicyclic amines) is 1. The van der Waals surface area contributed by atoms with E-state index in [0.29, 0.717) is 29.8 Å². The third-order valence-electron chi connectivity index (χ3n) is 5.90. The molecule has 160 valence electrons. The quantitative estimate of drug-likeness (QED) is 0.643. The molecule has 1 aliphatic heterocycles. The average Bonchev–Trinajstić information content (AvgIpc) is 2.79. The van der Waals surface area contributed by atoms with Gasteiger partial charge < -0.3 is 14.6 Å². The number of fused-ring (bicyclic) bond motifs is 1. The highest BCUT2D eigenvalue weighted by Gasteiger charge is 2.28. The van der Waals surface area contributed by atoms with Gasteiger partial charge in [-0.2, -0.15) is 0 Å². The van der Waals surface area contributed by atoms with Gasteiger partial charge >= 0.3 is 5.97 Å². The number of piperidine rings is 1. The van der Waals surface area contributed by atoms with E-state index in [1.807, 2.05) is 18.2 Å². The molecule has 1 atom stereocenters. The van der Waals surface area contributed by atoms with Gasteiger partial charge in [0.25, 0.3) is 11.5 Å². The van der Waals surface area contributed by atoms with Crippen molar-refractivity contribution in [3.8, 4) is 0 Å². The maximum atomic E-state index is 12.8. The van der Waals surface area contributed by atoms with E-state index < -0.39 is 12.1 Å². The van der Waals surface area contributed by atoms with Crippen LogP contribution in [0.15, 0.2) is 65.5 Å². The summed E-state index contributed by atoms with van der Waals surface area (Å²) < 4.78 is 5.38. The molecule has 4 rings (SSSR count). The summed E-state index contributed by atoms with van der Waals surface area (Å²) in [6.07, 6.45) is 1.97. The van der Waals surface area contributed by atoms with Gasteiger partial charge in [0.2, 0.25) is 0 Å². The Morgan fingerprint density at radius 3 is 2.48 bits per heavy atom. The van der Waals surface area contributed by atoms with Crippen LogP contribution in [0.4, 0.5) is 0 Å². The smallest absolute Gasteiger partial charge is 0.355 e. The first-order valence-corrected chi connectivity index (χ1v) is 10.7. The number of hydrogen-bond acceptors (Lipinski definition) is 4. The molecule has 6 nitrogen and oxygen atoms in total. The number of carbonyl (C=O) groups excluding carboxylic acids is 2. The standard InChI is InChI=1S/C25H26N2O4/c1-17(31-25(30)22-16-20-9-5-6-10-21(20)23(28)26-22)24(29)27-13-11-19(12-14-27)15-18-7-3-2-4-8-18/h2-10,16-17,19H,11-15H2,1H3,(H,26,28)/t17-/m0/s1. The molecule has 0 aliphatic carbocycles. The van der Waals surface area contributed by atoms with Crippen molar-refractivity contribution in [1.82, 2.24) is 9.88 Å². The Balaban J connectivity index is 1.33. The summed E-state index contributed by atoms with van der Waals surface area (Å²) >= 11 is 0. The van der Waals surface area contributed by atoms with Crippen molar-refractivity contribution < 1.29 is 14.3 Å². The minimum Gasteiger partial charge on any atom is -0.448 e. The van der Waals surface area contributed by atoms with E-state index >= 15 is 0 Å². The Morgan fingerprint density at radius 2 is 1.74 bits per heavy atom. The van der Waals surface area contributed by atoms with Crippen LogP contribution in [0.3, 0.4) is 0 Å². The third-order valence-corrected chi connectivity index (χ3v) is 5.90. The Hall–Kier alpha value is -3.41. The van der Waals surface area contributed by atoms with E-state index in [4.69, 9.17) is 4.74 Å². The first-order valence-electron chi connectivity index (χ1n) is 10.7. The number of amides is 1. The molecule has 1 aromatic heterocycles. The fourth-order valence-electron chi connectivity index (χ4n) is 4.16. The maximum Gasteiger partial charge on any atom is 0.355 e. The van der Waals surface area contributed by atoms with E-state index in [2.05, 4.69) is 17.1 Å². The maximum absolute atomic E-state index is 12.8. The molecule has 1 saturated heterocycles. The molecule has 0 unspecified atom stereocenters. The molecule has 2 aromatic carbocycles. The van der Waals surface area contributed by atoms with Crippen molar-refractivity contribution in [3.05, 3.63) is 82.3 Å². The second-order valence-corrected chi connectivity index (χ2v) is 8.11. The van der Waals surface area contributed by atoms with Crippen LogP contribution in [0.2, 0.25) is 0 Å². The first kappa shape index (κ1) is 20.8. The summed E-state index contributed by atoms with van der Waals surface area (Å²) in [5.41, 5.74) is 1.01. The van der Waals surface area contributed by atoms with E-state index in [0.717, 1.165) is 19.3 Å². The summed E-state index contributed by atoms with van der Waals surface area (Å²) in [6, 6.07) is 19.0. The molecule has 0 radical (unpaired) electrons. The van der Waals surface area contributed by atoms with Gasteiger partial charge in [-0.15, -0.1) is 0 Å². The van der Waals surface area contributed by atoms with Gasteiger partial charge in [-0.05, 0) is 55.2 Å². The van der Waals surface area contributed by atoms with Gasteiger partial charge in [0, 0.05) is 18.5 Å². The molecule has 0 saturated carbocycles. The minimum absolute atomic E-state index is 0.0462. The van der Waals surface area contributed by atoms with Gasteiger partial charge in [-0.3, -0.25) is 9.59 Å². The number of pyridine rings is 1. The fourth-order valence-corrected chi connectivity index (χ4v) is 4.16. The lowest BCUT2D eigenvalue weighted by Crippen LogP contribution is -2.44. The van der Waals surface area contributed by atoms with Gasteiger partial charge in [-0.1, -0.05) is 48.5 Å². The van der Waals surface area contributed by atoms with Crippen LogP contribution in [0.1, 0.15) is 35.8 Å². The lowest BCUT2D eigenvalue weighted by Gasteiger charge is -2.33.